The van der Waals surface area contributed by atoms with Crippen molar-refractivity contribution in [1.82, 2.24) is 9.80 Å². The molecular weight excluding hydrogens is 234 g/mol. The second-order valence-electron chi connectivity index (χ2n) is 6.54. The van der Waals surface area contributed by atoms with E-state index in [1.165, 1.54) is 37.9 Å². The summed E-state index contributed by atoms with van der Waals surface area (Å²) in [6.45, 7) is 3.65. The molecule has 102 valence electrons. The Labute approximate surface area is 115 Å². The van der Waals surface area contributed by atoms with Crippen molar-refractivity contribution >= 4 is 0 Å². The average molecular weight is 257 g/mol. The van der Waals surface area contributed by atoms with Crippen molar-refractivity contribution in [3.63, 3.8) is 0 Å². The lowest BCUT2D eigenvalue weighted by molar-refractivity contribution is 0.0458. The number of rotatable bonds is 3. The Hall–Kier alpha value is -0.900. The van der Waals surface area contributed by atoms with Crippen molar-refractivity contribution in [2.45, 2.75) is 50.0 Å². The highest BCUT2D eigenvalue weighted by atomic mass is 15.4. The first kappa shape index (κ1) is 11.9. The third kappa shape index (κ3) is 2.10. The van der Waals surface area contributed by atoms with Gasteiger partial charge in [0.05, 0.1) is 0 Å². The van der Waals surface area contributed by atoms with Crippen LogP contribution >= 0.6 is 0 Å². The third-order valence-corrected chi connectivity index (χ3v) is 5.24. The Morgan fingerprint density at radius 1 is 0.947 bits per heavy atom. The van der Waals surface area contributed by atoms with E-state index in [9.17, 15) is 0 Å². The van der Waals surface area contributed by atoms with E-state index in [1.807, 2.05) is 0 Å². The van der Waals surface area contributed by atoms with Gasteiger partial charge in [-0.15, -0.1) is 0 Å². The molecule has 4 rings (SSSR count). The van der Waals surface area contributed by atoms with Crippen LogP contribution in [-0.4, -0.2) is 47.1 Å². The lowest BCUT2D eigenvalue weighted by Gasteiger charge is -2.45. The molecule has 3 heteroatoms. The van der Waals surface area contributed by atoms with Crippen LogP contribution in [0.25, 0.3) is 0 Å². The van der Waals surface area contributed by atoms with Gasteiger partial charge in [-0.1, -0.05) is 30.3 Å². The Balaban J connectivity index is 1.37. The van der Waals surface area contributed by atoms with Crippen molar-refractivity contribution in [1.29, 1.82) is 0 Å². The number of nitrogens with zero attached hydrogens (tertiary/aromatic N) is 2. The Bertz CT molecular complexity index is 441. The molecule has 3 aliphatic rings. The van der Waals surface area contributed by atoms with Gasteiger partial charge in [-0.25, -0.2) is 0 Å². The van der Waals surface area contributed by atoms with Crippen LogP contribution in [0.2, 0.25) is 0 Å². The highest BCUT2D eigenvalue weighted by Crippen LogP contribution is 2.37. The zero-order valence-electron chi connectivity index (χ0n) is 11.4. The first-order valence-electron chi connectivity index (χ1n) is 7.59. The number of nitrogens with two attached hydrogens (primary N) is 1. The largest absolute Gasteiger partial charge is 0.328 e. The zero-order valence-corrected chi connectivity index (χ0v) is 11.4. The van der Waals surface area contributed by atoms with Crippen LogP contribution in [0.3, 0.4) is 0 Å². The van der Waals surface area contributed by atoms with E-state index < -0.39 is 0 Å². The summed E-state index contributed by atoms with van der Waals surface area (Å²) in [5.74, 6) is 0. The molecule has 2 aliphatic heterocycles. The third-order valence-electron chi connectivity index (χ3n) is 5.24. The fraction of sp³-hybridized carbons (Fsp3) is 0.625. The number of hydrogen-bond acceptors (Lipinski definition) is 3. The van der Waals surface area contributed by atoms with E-state index >= 15 is 0 Å². The van der Waals surface area contributed by atoms with Crippen molar-refractivity contribution in [3.05, 3.63) is 35.9 Å². The molecule has 3 nitrogen and oxygen atoms in total. The van der Waals surface area contributed by atoms with Gasteiger partial charge in [0.15, 0.2) is 0 Å². The molecule has 2 N–H and O–H groups in total. The van der Waals surface area contributed by atoms with Crippen LogP contribution in [0.4, 0.5) is 0 Å². The average Bonchev–Trinajstić information content (AvgIpc) is 2.96. The van der Waals surface area contributed by atoms with Gasteiger partial charge in [0, 0.05) is 43.8 Å². The van der Waals surface area contributed by atoms with Gasteiger partial charge in [-0.3, -0.25) is 9.80 Å². The standard InChI is InChI=1S/C16H23N3/c17-13-6-14(7-13)19-11-15-8-16(19)10-18(15)9-12-4-2-1-3-5-12/h1-5,13-16H,6-11,17H2. The smallest absolute Gasteiger partial charge is 0.0242 e. The summed E-state index contributed by atoms with van der Waals surface area (Å²) in [5, 5.41) is 0. The molecule has 2 atom stereocenters. The molecule has 0 spiro atoms. The summed E-state index contributed by atoms with van der Waals surface area (Å²) < 4.78 is 0. The summed E-state index contributed by atoms with van der Waals surface area (Å²) in [5.41, 5.74) is 7.38. The molecule has 0 radical (unpaired) electrons. The number of benzene rings is 1. The van der Waals surface area contributed by atoms with Gasteiger partial charge in [0.2, 0.25) is 0 Å². The molecule has 3 fully saturated rings. The Morgan fingerprint density at radius 3 is 2.37 bits per heavy atom. The first-order valence-corrected chi connectivity index (χ1v) is 7.59. The molecule has 2 heterocycles. The molecule has 0 aromatic heterocycles. The van der Waals surface area contributed by atoms with Crippen molar-refractivity contribution in [2.24, 2.45) is 5.73 Å². The van der Waals surface area contributed by atoms with Gasteiger partial charge < -0.3 is 5.73 Å². The van der Waals surface area contributed by atoms with Gasteiger partial charge in [0.25, 0.3) is 0 Å². The van der Waals surface area contributed by atoms with Crippen LogP contribution < -0.4 is 5.73 Å². The normalized spacial score (nSPS) is 38.6. The van der Waals surface area contributed by atoms with Crippen LogP contribution in [0.15, 0.2) is 30.3 Å². The van der Waals surface area contributed by atoms with E-state index in [0.717, 1.165) is 24.7 Å². The van der Waals surface area contributed by atoms with E-state index in [2.05, 4.69) is 40.1 Å². The minimum atomic E-state index is 0.476. The number of fused-ring (bicyclic) bond motifs is 2. The molecule has 1 aromatic rings. The Morgan fingerprint density at radius 2 is 1.74 bits per heavy atom. The summed E-state index contributed by atoms with van der Waals surface area (Å²) in [6.07, 6.45) is 3.82. The molecule has 2 unspecified atom stereocenters. The molecule has 19 heavy (non-hydrogen) atoms. The zero-order chi connectivity index (χ0) is 12.8. The maximum absolute atomic E-state index is 5.93. The second kappa shape index (κ2) is 4.58. The van der Waals surface area contributed by atoms with E-state index in [-0.39, 0.29) is 0 Å². The maximum Gasteiger partial charge on any atom is 0.0242 e. The molecule has 1 aromatic carbocycles. The highest BCUT2D eigenvalue weighted by Gasteiger charge is 2.47. The first-order chi connectivity index (χ1) is 9.29. The minimum Gasteiger partial charge on any atom is -0.328 e. The van der Waals surface area contributed by atoms with Gasteiger partial charge >= 0.3 is 0 Å². The predicted octanol–water partition coefficient (Wildman–Crippen LogP) is 1.43. The van der Waals surface area contributed by atoms with Gasteiger partial charge in [-0.05, 0) is 24.8 Å². The minimum absolute atomic E-state index is 0.476. The van der Waals surface area contributed by atoms with E-state index in [1.54, 1.807) is 0 Å². The SMILES string of the molecule is NC1CC(N2CC3CC2CN3Cc2ccccc2)C1. The Kier molecular flexibility index (Phi) is 2.87. The molecule has 1 aliphatic carbocycles. The molecule has 0 amide bonds. The topological polar surface area (TPSA) is 32.5 Å². The quantitative estimate of drug-likeness (QED) is 0.889. The van der Waals surface area contributed by atoms with Crippen molar-refractivity contribution in [2.75, 3.05) is 13.1 Å². The maximum atomic E-state index is 5.93. The monoisotopic (exact) mass is 257 g/mol. The van der Waals surface area contributed by atoms with Crippen LogP contribution in [0.1, 0.15) is 24.8 Å². The van der Waals surface area contributed by atoms with E-state index in [0.29, 0.717) is 6.04 Å². The summed E-state index contributed by atoms with van der Waals surface area (Å²) in [7, 11) is 0. The van der Waals surface area contributed by atoms with Gasteiger partial charge in [-0.2, -0.15) is 0 Å². The van der Waals surface area contributed by atoms with E-state index in [4.69, 9.17) is 5.73 Å². The van der Waals surface area contributed by atoms with Crippen molar-refractivity contribution < 1.29 is 0 Å². The summed E-state index contributed by atoms with van der Waals surface area (Å²) in [4.78, 5) is 5.42. The predicted molar refractivity (Wildman–Crippen MR) is 76.7 cm³/mol. The van der Waals surface area contributed by atoms with Crippen molar-refractivity contribution in [3.8, 4) is 0 Å². The molecular formula is C16H23N3. The number of likely N-dealkylation sites (tertiary alicyclic amines) is 2. The van der Waals surface area contributed by atoms with Crippen LogP contribution in [-0.2, 0) is 6.54 Å². The summed E-state index contributed by atoms with van der Waals surface area (Å²) >= 11 is 0. The van der Waals surface area contributed by atoms with Gasteiger partial charge in [0.1, 0.15) is 0 Å². The molecule has 2 bridgehead atoms. The number of hydrogen-bond donors (Lipinski definition) is 1. The van der Waals surface area contributed by atoms with Crippen LogP contribution in [0.5, 0.6) is 0 Å². The molecule has 2 saturated heterocycles. The lowest BCUT2D eigenvalue weighted by Crippen LogP contribution is -2.56. The summed E-state index contributed by atoms with van der Waals surface area (Å²) in [6, 6.07) is 13.7. The number of piperazine rings is 1. The fourth-order valence-corrected chi connectivity index (χ4v) is 4.14. The van der Waals surface area contributed by atoms with Crippen LogP contribution in [0, 0.1) is 0 Å². The lowest BCUT2D eigenvalue weighted by atomic mass is 9.86. The second-order valence-corrected chi connectivity index (χ2v) is 6.54. The highest BCUT2D eigenvalue weighted by molar-refractivity contribution is 5.16. The fourth-order valence-electron chi connectivity index (χ4n) is 4.14. The molecule has 1 saturated carbocycles.